The lowest BCUT2D eigenvalue weighted by atomic mass is 9.49. The Morgan fingerprint density at radius 1 is 1.23 bits per heavy atom. The van der Waals surface area contributed by atoms with Gasteiger partial charge in [-0.25, -0.2) is 4.98 Å². The number of halogens is 3. The zero-order valence-electron chi connectivity index (χ0n) is 22.4. The average molecular weight is 777 g/mol. The van der Waals surface area contributed by atoms with Gasteiger partial charge in [0.05, 0.1) is 11.2 Å². The lowest BCUT2D eigenvalue weighted by Gasteiger charge is -2.58. The number of aliphatic hydroxyl groups is 1. The number of Topliss-reactive ketones (excluding diaryl/α,β-unsaturated/α-hetero) is 1. The van der Waals surface area contributed by atoms with Crippen LogP contribution < -0.4 is 9.80 Å². The number of carbonyl (C=O) groups is 1. The molecule has 2 aromatic heterocycles. The normalized spacial score (nSPS) is 29.5. The monoisotopic (exact) mass is 776 g/mol. The molecular formula is C28H35ClI2N6O2. The standard InChI is InChI=1S/C28H35ClN6O2.I2/c1-33(21-5-7-35(8-6-21)24-4-3-17(15-30)16-31-24)27-25(29)26(32-34(27)2)23(36)11-22-19-9-18-10-20(22)14-28(37,12-18)13-19;1-2/h3-4,16,18-22,37H,5-14H2,1-2H3;. The summed E-state index contributed by atoms with van der Waals surface area (Å²) in [5.41, 5.74) is 0.466. The molecule has 4 aliphatic carbocycles. The highest BCUT2D eigenvalue weighted by atomic mass is 128. The van der Waals surface area contributed by atoms with E-state index < -0.39 is 5.60 Å². The highest BCUT2D eigenvalue weighted by Gasteiger charge is 2.55. The molecule has 1 aliphatic heterocycles. The second-order valence-corrected chi connectivity index (χ2v) is 12.3. The van der Waals surface area contributed by atoms with E-state index in [0.29, 0.717) is 46.4 Å². The molecule has 0 amide bonds. The van der Waals surface area contributed by atoms with Gasteiger partial charge in [0.25, 0.3) is 0 Å². The molecule has 1 N–H and O–H groups in total. The minimum Gasteiger partial charge on any atom is -0.390 e. The average Bonchev–Trinajstić information content (AvgIpc) is 3.24. The minimum atomic E-state index is -0.486. The molecule has 39 heavy (non-hydrogen) atoms. The topological polar surface area (TPSA) is 98.3 Å². The Morgan fingerprint density at radius 3 is 2.46 bits per heavy atom. The van der Waals surface area contributed by atoms with Gasteiger partial charge in [-0.2, -0.15) is 10.4 Å². The molecule has 8 nitrogen and oxygen atoms in total. The van der Waals surface area contributed by atoms with Crippen LogP contribution >= 0.6 is 48.8 Å². The van der Waals surface area contributed by atoms with Gasteiger partial charge in [-0.15, -0.1) is 0 Å². The van der Waals surface area contributed by atoms with Crippen molar-refractivity contribution in [2.75, 3.05) is 29.9 Å². The van der Waals surface area contributed by atoms with Crippen LogP contribution in [-0.2, 0) is 7.05 Å². The molecule has 0 aromatic carbocycles. The maximum absolute atomic E-state index is 13.5. The lowest BCUT2D eigenvalue weighted by molar-refractivity contribution is -0.151. The summed E-state index contributed by atoms with van der Waals surface area (Å²) in [6.45, 7) is 1.71. The Morgan fingerprint density at radius 2 is 1.90 bits per heavy atom. The summed E-state index contributed by atoms with van der Waals surface area (Å²) in [4.78, 5) is 22.3. The predicted octanol–water partition coefficient (Wildman–Crippen LogP) is 5.98. The Labute approximate surface area is 258 Å². The molecule has 5 fully saturated rings. The van der Waals surface area contributed by atoms with Crippen molar-refractivity contribution in [3.8, 4) is 6.07 Å². The molecule has 2 atom stereocenters. The van der Waals surface area contributed by atoms with Gasteiger partial charge in [0.15, 0.2) is 5.78 Å². The molecule has 2 unspecified atom stereocenters. The van der Waals surface area contributed by atoms with Gasteiger partial charge in [0.2, 0.25) is 0 Å². The number of nitrogens with zero attached hydrogens (tertiary/aromatic N) is 6. The number of hydrogen-bond acceptors (Lipinski definition) is 7. The van der Waals surface area contributed by atoms with Crippen molar-refractivity contribution in [2.45, 2.75) is 63.0 Å². The van der Waals surface area contributed by atoms with Crippen molar-refractivity contribution in [3.63, 3.8) is 0 Å². The van der Waals surface area contributed by atoms with Gasteiger partial charge >= 0.3 is 0 Å². The molecule has 3 heterocycles. The summed E-state index contributed by atoms with van der Waals surface area (Å²) in [6.07, 6.45) is 8.90. The van der Waals surface area contributed by atoms with Crippen LogP contribution in [-0.4, -0.2) is 57.4 Å². The Hall–Kier alpha value is -1.17. The number of nitriles is 1. The quantitative estimate of drug-likeness (QED) is 0.285. The van der Waals surface area contributed by atoms with E-state index in [4.69, 9.17) is 16.9 Å². The van der Waals surface area contributed by atoms with E-state index in [2.05, 4.69) is 63.2 Å². The van der Waals surface area contributed by atoms with Gasteiger partial charge in [-0.3, -0.25) is 9.48 Å². The number of ketones is 1. The molecule has 0 spiro atoms. The third-order valence-electron chi connectivity index (χ3n) is 9.63. The molecule has 210 valence electrons. The largest absolute Gasteiger partial charge is 0.390 e. The Bertz CT molecular complexity index is 1220. The van der Waals surface area contributed by atoms with Crippen LogP contribution in [0.5, 0.6) is 0 Å². The van der Waals surface area contributed by atoms with Crippen LogP contribution in [0, 0.1) is 35.0 Å². The van der Waals surface area contributed by atoms with Crippen LogP contribution in [0.25, 0.3) is 0 Å². The Balaban J connectivity index is 0.00000151. The summed E-state index contributed by atoms with van der Waals surface area (Å²) >= 11 is 11.1. The maximum Gasteiger partial charge on any atom is 0.184 e. The first kappa shape index (κ1) is 29.3. The van der Waals surface area contributed by atoms with Gasteiger partial charge in [-0.1, -0.05) is 11.6 Å². The summed E-state index contributed by atoms with van der Waals surface area (Å²) in [6, 6.07) is 6.10. The molecule has 2 aromatic rings. The Kier molecular flexibility index (Phi) is 9.01. The van der Waals surface area contributed by atoms with Crippen LogP contribution in [0.2, 0.25) is 5.02 Å². The third-order valence-corrected chi connectivity index (χ3v) is 9.98. The van der Waals surface area contributed by atoms with Crippen LogP contribution in [0.3, 0.4) is 0 Å². The van der Waals surface area contributed by atoms with Gasteiger partial charge in [-0.05, 0) is 80.8 Å². The van der Waals surface area contributed by atoms with Crippen LogP contribution in [0.15, 0.2) is 18.3 Å². The number of rotatable bonds is 6. The van der Waals surface area contributed by atoms with E-state index in [1.807, 2.05) is 20.2 Å². The second-order valence-electron chi connectivity index (χ2n) is 11.9. The van der Waals surface area contributed by atoms with Crippen molar-refractivity contribution in [1.82, 2.24) is 14.8 Å². The fourth-order valence-electron chi connectivity index (χ4n) is 8.08. The number of piperidine rings is 1. The van der Waals surface area contributed by atoms with Gasteiger partial charge in [0, 0.05) is 83.1 Å². The van der Waals surface area contributed by atoms with E-state index in [1.165, 1.54) is 0 Å². The number of aromatic nitrogens is 3. The molecule has 4 saturated carbocycles. The first-order valence-electron chi connectivity index (χ1n) is 13.7. The minimum absolute atomic E-state index is 0.0337. The molecule has 1 saturated heterocycles. The predicted molar refractivity (Wildman–Crippen MR) is 170 cm³/mol. The van der Waals surface area contributed by atoms with Gasteiger partial charge < -0.3 is 14.9 Å². The van der Waals surface area contributed by atoms with E-state index >= 15 is 0 Å². The number of aryl methyl sites for hydroxylation is 1. The number of anilines is 2. The van der Waals surface area contributed by atoms with Crippen LogP contribution in [0.1, 0.15) is 67.4 Å². The van der Waals surface area contributed by atoms with Gasteiger partial charge in [0.1, 0.15) is 28.4 Å². The molecule has 4 bridgehead atoms. The fraction of sp³-hybridized carbons (Fsp3) is 0.643. The SMILES string of the molecule is CN(c1c(Cl)c(C(=O)CC2C3CC4CC2CC(O)(C4)C3)nn1C)C1CCN(c2ccc(C#N)cn2)CC1.II. The highest BCUT2D eigenvalue weighted by Crippen LogP contribution is 2.59. The summed E-state index contributed by atoms with van der Waals surface area (Å²) in [5, 5.41) is 25.0. The number of carbonyl (C=O) groups excluding carboxylic acids is 1. The molecular weight excluding hydrogens is 742 g/mol. The van der Waals surface area contributed by atoms with E-state index in [0.717, 1.165) is 69.7 Å². The first-order chi connectivity index (χ1) is 18.7. The molecule has 5 aliphatic rings. The number of pyridine rings is 1. The summed E-state index contributed by atoms with van der Waals surface area (Å²) < 4.78 is 1.75. The van der Waals surface area contributed by atoms with E-state index in [-0.39, 0.29) is 11.8 Å². The van der Waals surface area contributed by atoms with E-state index in [1.54, 1.807) is 16.9 Å². The van der Waals surface area contributed by atoms with Crippen LogP contribution in [0.4, 0.5) is 11.6 Å². The van der Waals surface area contributed by atoms with Crippen molar-refractivity contribution in [1.29, 1.82) is 5.26 Å². The molecule has 11 heteroatoms. The zero-order valence-corrected chi connectivity index (χ0v) is 27.4. The lowest BCUT2D eigenvalue weighted by Crippen LogP contribution is -2.54. The van der Waals surface area contributed by atoms with Crippen molar-refractivity contribution < 1.29 is 9.90 Å². The number of hydrogen-bond donors (Lipinski definition) is 1. The van der Waals surface area contributed by atoms with E-state index in [9.17, 15) is 9.90 Å². The molecule has 0 radical (unpaired) electrons. The van der Waals surface area contributed by atoms with Crippen molar-refractivity contribution >= 4 is 66.3 Å². The smallest absolute Gasteiger partial charge is 0.184 e. The second kappa shape index (κ2) is 12.0. The highest BCUT2D eigenvalue weighted by molar-refractivity contribution is 15.0. The zero-order chi connectivity index (χ0) is 27.9. The summed E-state index contributed by atoms with van der Waals surface area (Å²) in [7, 11) is 3.90. The van der Waals surface area contributed by atoms with Crippen molar-refractivity contribution in [2.24, 2.45) is 30.7 Å². The fourth-order valence-corrected chi connectivity index (χ4v) is 8.47. The maximum atomic E-state index is 13.5. The first-order valence-corrected chi connectivity index (χ1v) is 20.4. The van der Waals surface area contributed by atoms with Crippen molar-refractivity contribution in [3.05, 3.63) is 34.6 Å². The third kappa shape index (κ3) is 5.79. The summed E-state index contributed by atoms with van der Waals surface area (Å²) in [5.74, 6) is 3.57. The molecule has 7 rings (SSSR count).